The van der Waals surface area contributed by atoms with Crippen LogP contribution in [-0.2, 0) is 0 Å². The maximum Gasteiger partial charge on any atom is 0.0669 e. The van der Waals surface area contributed by atoms with Gasteiger partial charge >= 0.3 is 0 Å². The van der Waals surface area contributed by atoms with E-state index in [1.165, 1.54) is 64.3 Å². The summed E-state index contributed by atoms with van der Waals surface area (Å²) in [6.07, 6.45) is 13.2. The zero-order valence-electron chi connectivity index (χ0n) is 13.7. The van der Waals surface area contributed by atoms with Crippen LogP contribution in [0.3, 0.4) is 0 Å². The maximum atomic E-state index is 10.5. The molecule has 2 aliphatic rings. The Labute approximate surface area is 125 Å². The Morgan fingerprint density at radius 2 is 1.60 bits per heavy atom. The van der Waals surface area contributed by atoms with E-state index in [0.29, 0.717) is 0 Å². The van der Waals surface area contributed by atoms with Crippen LogP contribution < -0.4 is 0 Å². The minimum Gasteiger partial charge on any atom is -0.392 e. The van der Waals surface area contributed by atoms with Gasteiger partial charge in [-0.1, -0.05) is 52.4 Å². The van der Waals surface area contributed by atoms with Crippen LogP contribution in [0.1, 0.15) is 78.1 Å². The lowest BCUT2D eigenvalue weighted by Crippen LogP contribution is -2.40. The highest BCUT2D eigenvalue weighted by atomic mass is 16.3. The Morgan fingerprint density at radius 3 is 2.20 bits per heavy atom. The first-order chi connectivity index (χ1) is 9.65. The summed E-state index contributed by atoms with van der Waals surface area (Å²) in [5.41, 5.74) is 0. The first-order valence-electron chi connectivity index (χ1n) is 9.07. The summed E-state index contributed by atoms with van der Waals surface area (Å²) in [7, 11) is 0. The Hall–Kier alpha value is -0.0800. The van der Waals surface area contributed by atoms with Crippen LogP contribution in [0, 0.1) is 11.8 Å². The van der Waals surface area contributed by atoms with Crippen molar-refractivity contribution in [1.29, 1.82) is 0 Å². The number of nitrogens with zero attached hydrogens (tertiary/aromatic N) is 1. The normalized spacial score (nSPS) is 23.2. The molecule has 2 nitrogen and oxygen atoms in total. The summed E-state index contributed by atoms with van der Waals surface area (Å²) in [6, 6.07) is 0.756. The van der Waals surface area contributed by atoms with Crippen molar-refractivity contribution in [1.82, 2.24) is 4.90 Å². The van der Waals surface area contributed by atoms with Crippen molar-refractivity contribution in [2.75, 3.05) is 13.1 Å². The molecule has 0 aromatic carbocycles. The zero-order valence-corrected chi connectivity index (χ0v) is 13.7. The Morgan fingerprint density at radius 1 is 1.00 bits per heavy atom. The van der Waals surface area contributed by atoms with Gasteiger partial charge in [0.15, 0.2) is 0 Å². The molecule has 0 aliphatic heterocycles. The predicted octanol–water partition coefficient (Wildman–Crippen LogP) is 4.22. The summed E-state index contributed by atoms with van der Waals surface area (Å²) in [5, 5.41) is 10.5. The number of hydrogen-bond donors (Lipinski definition) is 1. The van der Waals surface area contributed by atoms with Gasteiger partial charge < -0.3 is 5.11 Å². The van der Waals surface area contributed by atoms with E-state index in [1.54, 1.807) is 0 Å². The highest BCUT2D eigenvalue weighted by Crippen LogP contribution is 2.30. The Balaban J connectivity index is 1.78. The summed E-state index contributed by atoms with van der Waals surface area (Å²) >= 11 is 0. The lowest BCUT2D eigenvalue weighted by atomic mass is 9.99. The summed E-state index contributed by atoms with van der Waals surface area (Å²) in [5.74, 6) is 1.58. The molecule has 2 rings (SSSR count). The highest BCUT2D eigenvalue weighted by Gasteiger charge is 2.26. The predicted molar refractivity (Wildman–Crippen MR) is 85.9 cm³/mol. The van der Waals surface area contributed by atoms with Crippen LogP contribution in [0.5, 0.6) is 0 Å². The Bertz CT molecular complexity index is 254. The second-order valence-electron chi connectivity index (χ2n) is 7.66. The van der Waals surface area contributed by atoms with E-state index in [1.807, 2.05) is 0 Å². The number of aliphatic hydroxyl groups excluding tert-OH is 1. The van der Waals surface area contributed by atoms with Crippen molar-refractivity contribution < 1.29 is 5.11 Å². The molecule has 0 bridgehead atoms. The topological polar surface area (TPSA) is 23.5 Å². The summed E-state index contributed by atoms with van der Waals surface area (Å²) < 4.78 is 0. The van der Waals surface area contributed by atoms with E-state index >= 15 is 0 Å². The first kappa shape index (κ1) is 16.3. The number of hydrogen-bond acceptors (Lipinski definition) is 2. The molecule has 2 saturated carbocycles. The van der Waals surface area contributed by atoms with Crippen molar-refractivity contribution in [3.8, 4) is 0 Å². The average Bonchev–Trinajstić information content (AvgIpc) is 3.06. The van der Waals surface area contributed by atoms with E-state index < -0.39 is 0 Å². The molecule has 0 aromatic heterocycles. The van der Waals surface area contributed by atoms with E-state index in [4.69, 9.17) is 0 Å². The number of rotatable bonds is 8. The van der Waals surface area contributed by atoms with Crippen molar-refractivity contribution in [2.24, 2.45) is 11.8 Å². The lowest BCUT2D eigenvalue weighted by Gasteiger charge is -2.32. The Kier molecular flexibility index (Phi) is 6.83. The first-order valence-corrected chi connectivity index (χ1v) is 9.07. The molecular weight excluding hydrogens is 246 g/mol. The fraction of sp³-hybridized carbons (Fsp3) is 1.00. The van der Waals surface area contributed by atoms with Crippen LogP contribution in [0.25, 0.3) is 0 Å². The quantitative estimate of drug-likeness (QED) is 0.720. The molecule has 0 radical (unpaired) electrons. The van der Waals surface area contributed by atoms with E-state index in [-0.39, 0.29) is 6.10 Å². The van der Waals surface area contributed by atoms with Crippen molar-refractivity contribution in [3.05, 3.63) is 0 Å². The molecule has 0 saturated heterocycles. The van der Waals surface area contributed by atoms with Gasteiger partial charge in [0.2, 0.25) is 0 Å². The van der Waals surface area contributed by atoms with Crippen LogP contribution in [0.4, 0.5) is 0 Å². The summed E-state index contributed by atoms with van der Waals surface area (Å²) in [6.45, 7) is 6.72. The standard InChI is InChI=1S/C18H35NO/c1-15(2)11-12-19(17-9-5-6-10-17)14-18(20)13-16-7-3-4-8-16/h15-18,20H,3-14H2,1-2H3. The SMILES string of the molecule is CC(C)CCN(CC(O)CC1CCCC1)C1CCCC1. The van der Waals surface area contributed by atoms with E-state index in [2.05, 4.69) is 18.7 Å². The van der Waals surface area contributed by atoms with Crippen LogP contribution in [-0.4, -0.2) is 35.2 Å². The zero-order chi connectivity index (χ0) is 14.4. The minimum atomic E-state index is -0.0918. The van der Waals surface area contributed by atoms with Crippen molar-refractivity contribution >= 4 is 0 Å². The molecule has 1 unspecified atom stereocenters. The molecule has 1 atom stereocenters. The third-order valence-corrected chi connectivity index (χ3v) is 5.36. The third-order valence-electron chi connectivity index (χ3n) is 5.36. The van der Waals surface area contributed by atoms with Crippen LogP contribution >= 0.6 is 0 Å². The summed E-state index contributed by atoms with van der Waals surface area (Å²) in [4.78, 5) is 2.62. The molecule has 20 heavy (non-hydrogen) atoms. The fourth-order valence-corrected chi connectivity index (χ4v) is 4.09. The molecule has 2 aliphatic carbocycles. The van der Waals surface area contributed by atoms with Gasteiger partial charge in [0.05, 0.1) is 6.10 Å². The molecule has 1 N–H and O–H groups in total. The number of aliphatic hydroxyl groups is 1. The fourth-order valence-electron chi connectivity index (χ4n) is 4.09. The third kappa shape index (κ3) is 5.37. The molecule has 2 heteroatoms. The van der Waals surface area contributed by atoms with Gasteiger partial charge in [-0.25, -0.2) is 0 Å². The minimum absolute atomic E-state index is 0.0918. The van der Waals surface area contributed by atoms with Crippen molar-refractivity contribution in [3.63, 3.8) is 0 Å². The van der Waals surface area contributed by atoms with Crippen LogP contribution in [0.2, 0.25) is 0 Å². The van der Waals surface area contributed by atoms with Crippen molar-refractivity contribution in [2.45, 2.75) is 90.2 Å². The lowest BCUT2D eigenvalue weighted by molar-refractivity contribution is 0.0683. The van der Waals surface area contributed by atoms with Gasteiger partial charge in [0.25, 0.3) is 0 Å². The maximum absolute atomic E-state index is 10.5. The molecular formula is C18H35NO. The molecule has 0 spiro atoms. The van der Waals surface area contributed by atoms with Gasteiger partial charge in [-0.3, -0.25) is 4.90 Å². The smallest absolute Gasteiger partial charge is 0.0669 e. The average molecular weight is 281 g/mol. The molecule has 2 fully saturated rings. The largest absolute Gasteiger partial charge is 0.392 e. The second kappa shape index (κ2) is 8.38. The molecule has 0 amide bonds. The van der Waals surface area contributed by atoms with Gasteiger partial charge in [-0.2, -0.15) is 0 Å². The van der Waals surface area contributed by atoms with Gasteiger partial charge in [0, 0.05) is 12.6 Å². The van der Waals surface area contributed by atoms with Gasteiger partial charge in [-0.15, -0.1) is 0 Å². The highest BCUT2D eigenvalue weighted by molar-refractivity contribution is 4.81. The molecule has 0 heterocycles. The second-order valence-corrected chi connectivity index (χ2v) is 7.66. The van der Waals surface area contributed by atoms with Crippen LogP contribution in [0.15, 0.2) is 0 Å². The van der Waals surface area contributed by atoms with E-state index in [9.17, 15) is 5.11 Å². The molecule has 0 aromatic rings. The van der Waals surface area contributed by atoms with Gasteiger partial charge in [0.1, 0.15) is 0 Å². The van der Waals surface area contributed by atoms with Gasteiger partial charge in [-0.05, 0) is 44.1 Å². The molecule has 118 valence electrons. The van der Waals surface area contributed by atoms with E-state index in [0.717, 1.165) is 30.8 Å². The monoisotopic (exact) mass is 281 g/mol.